The van der Waals surface area contributed by atoms with Gasteiger partial charge in [0, 0.05) is 26.2 Å². The normalized spacial score (nSPS) is 21.3. The number of piperidine rings is 1. The highest BCUT2D eigenvalue weighted by molar-refractivity contribution is 5.80. The fraction of sp³-hybridized carbons (Fsp3) is 0.750. The number of furan rings is 1. The average molecular weight is 364 g/mol. The third kappa shape index (κ3) is 5.48. The van der Waals surface area contributed by atoms with Crippen molar-refractivity contribution in [2.24, 2.45) is 10.9 Å². The number of nitrogens with zero attached hydrogens (tertiary/aromatic N) is 2. The molecule has 2 fully saturated rings. The van der Waals surface area contributed by atoms with Gasteiger partial charge in [-0.3, -0.25) is 0 Å². The van der Waals surface area contributed by atoms with E-state index in [1.165, 1.54) is 25.7 Å². The second-order valence-electron chi connectivity index (χ2n) is 7.40. The van der Waals surface area contributed by atoms with Crippen LogP contribution in [-0.4, -0.2) is 54.9 Å². The predicted octanol–water partition coefficient (Wildman–Crippen LogP) is 2.95. The zero-order valence-corrected chi connectivity index (χ0v) is 15.9. The van der Waals surface area contributed by atoms with Crippen LogP contribution in [0.5, 0.6) is 0 Å². The Morgan fingerprint density at radius 1 is 1.35 bits per heavy atom. The molecule has 1 unspecified atom stereocenters. The summed E-state index contributed by atoms with van der Waals surface area (Å²) in [7, 11) is 0. The molecule has 1 aliphatic heterocycles. The molecule has 2 aliphatic rings. The summed E-state index contributed by atoms with van der Waals surface area (Å²) in [6.07, 6.45) is 8.76. The van der Waals surface area contributed by atoms with E-state index in [4.69, 9.17) is 9.15 Å². The van der Waals surface area contributed by atoms with Crippen LogP contribution in [0.3, 0.4) is 0 Å². The minimum absolute atomic E-state index is 0.300. The van der Waals surface area contributed by atoms with Crippen molar-refractivity contribution >= 4 is 5.96 Å². The quantitative estimate of drug-likeness (QED) is 0.576. The lowest BCUT2D eigenvalue weighted by Crippen LogP contribution is -2.47. The molecular formula is C20H33N3O3. The van der Waals surface area contributed by atoms with Crippen LogP contribution in [0.15, 0.2) is 27.8 Å². The highest BCUT2D eigenvalue weighted by atomic mass is 16.5. The van der Waals surface area contributed by atoms with Crippen molar-refractivity contribution in [2.45, 2.75) is 57.7 Å². The van der Waals surface area contributed by atoms with Crippen molar-refractivity contribution in [1.82, 2.24) is 10.2 Å². The van der Waals surface area contributed by atoms with Crippen molar-refractivity contribution in [3.63, 3.8) is 0 Å². The molecule has 2 heterocycles. The molecule has 1 saturated carbocycles. The Morgan fingerprint density at radius 3 is 2.77 bits per heavy atom. The number of likely N-dealkylation sites (tertiary alicyclic amines) is 1. The van der Waals surface area contributed by atoms with Crippen molar-refractivity contribution in [3.8, 4) is 0 Å². The second kappa shape index (κ2) is 9.97. The highest BCUT2D eigenvalue weighted by Crippen LogP contribution is 2.26. The summed E-state index contributed by atoms with van der Waals surface area (Å²) >= 11 is 0. The van der Waals surface area contributed by atoms with Crippen molar-refractivity contribution in [1.29, 1.82) is 0 Å². The van der Waals surface area contributed by atoms with Gasteiger partial charge in [0.2, 0.25) is 0 Å². The Balaban J connectivity index is 1.45. The summed E-state index contributed by atoms with van der Waals surface area (Å²) in [5, 5.41) is 13.5. The number of hydrogen-bond acceptors (Lipinski definition) is 4. The van der Waals surface area contributed by atoms with Gasteiger partial charge in [0.05, 0.1) is 18.9 Å². The van der Waals surface area contributed by atoms with Gasteiger partial charge in [-0.1, -0.05) is 12.8 Å². The molecule has 1 aromatic heterocycles. The molecule has 1 atom stereocenters. The second-order valence-corrected chi connectivity index (χ2v) is 7.40. The SMILES string of the molecule is CCNC(=NCC(O)c1ccco1)N1CCC(OCC2CCCC2)CC1. The van der Waals surface area contributed by atoms with Gasteiger partial charge in [0.15, 0.2) is 5.96 Å². The highest BCUT2D eigenvalue weighted by Gasteiger charge is 2.24. The van der Waals surface area contributed by atoms with Crippen molar-refractivity contribution in [3.05, 3.63) is 24.2 Å². The van der Waals surface area contributed by atoms with Crippen LogP contribution in [0, 0.1) is 5.92 Å². The van der Waals surface area contributed by atoms with E-state index in [2.05, 4.69) is 22.1 Å². The Labute approximate surface area is 156 Å². The lowest BCUT2D eigenvalue weighted by molar-refractivity contribution is 0.000974. The molecule has 1 saturated heterocycles. The molecular weight excluding hydrogens is 330 g/mol. The van der Waals surface area contributed by atoms with Crippen molar-refractivity contribution < 1.29 is 14.3 Å². The molecule has 2 N–H and O–H groups in total. The molecule has 1 aliphatic carbocycles. The van der Waals surface area contributed by atoms with E-state index in [1.54, 1.807) is 18.4 Å². The Morgan fingerprint density at radius 2 is 2.12 bits per heavy atom. The standard InChI is InChI=1S/C20H33N3O3/c1-2-21-20(22-14-18(24)19-8-5-13-25-19)23-11-9-17(10-12-23)26-15-16-6-3-4-7-16/h5,8,13,16-18,24H,2-4,6-7,9-12,14-15H2,1H3,(H,21,22). The fourth-order valence-corrected chi connectivity index (χ4v) is 3.85. The molecule has 0 radical (unpaired) electrons. The number of guanidine groups is 1. The Hall–Kier alpha value is -1.53. The minimum atomic E-state index is -0.703. The van der Waals surface area contributed by atoms with Crippen LogP contribution >= 0.6 is 0 Å². The van der Waals surface area contributed by atoms with E-state index in [0.717, 1.165) is 51.0 Å². The smallest absolute Gasteiger partial charge is 0.194 e. The van der Waals surface area contributed by atoms with Gasteiger partial charge in [0.1, 0.15) is 11.9 Å². The largest absolute Gasteiger partial charge is 0.467 e. The lowest BCUT2D eigenvalue weighted by Gasteiger charge is -2.34. The third-order valence-electron chi connectivity index (χ3n) is 5.40. The fourth-order valence-electron chi connectivity index (χ4n) is 3.85. The number of nitrogens with one attached hydrogen (secondary N) is 1. The van der Waals surface area contributed by atoms with E-state index in [-0.39, 0.29) is 0 Å². The number of aliphatic imine (C=N–C) groups is 1. The van der Waals surface area contributed by atoms with E-state index < -0.39 is 6.10 Å². The van der Waals surface area contributed by atoms with Crippen LogP contribution < -0.4 is 5.32 Å². The van der Waals surface area contributed by atoms with Gasteiger partial charge in [-0.15, -0.1) is 0 Å². The summed E-state index contributed by atoms with van der Waals surface area (Å²) in [6.45, 7) is 6.00. The van der Waals surface area contributed by atoms with Gasteiger partial charge < -0.3 is 24.5 Å². The zero-order valence-electron chi connectivity index (χ0n) is 15.9. The number of rotatable bonds is 7. The predicted molar refractivity (Wildman–Crippen MR) is 102 cm³/mol. The first-order chi connectivity index (χ1) is 12.8. The summed E-state index contributed by atoms with van der Waals surface area (Å²) < 4.78 is 11.4. The molecule has 3 rings (SSSR count). The molecule has 0 aromatic carbocycles. The summed E-state index contributed by atoms with van der Waals surface area (Å²) in [4.78, 5) is 6.88. The van der Waals surface area contributed by atoms with Gasteiger partial charge >= 0.3 is 0 Å². The molecule has 0 bridgehead atoms. The molecule has 26 heavy (non-hydrogen) atoms. The van der Waals surface area contributed by atoms with Gasteiger partial charge in [-0.05, 0) is 50.7 Å². The number of hydrogen-bond donors (Lipinski definition) is 2. The molecule has 6 nitrogen and oxygen atoms in total. The summed E-state index contributed by atoms with van der Waals surface area (Å²) in [5.74, 6) is 2.21. The topological polar surface area (TPSA) is 70.2 Å². The van der Waals surface area contributed by atoms with E-state index >= 15 is 0 Å². The number of aliphatic hydroxyl groups is 1. The average Bonchev–Trinajstić information content (AvgIpc) is 3.37. The van der Waals surface area contributed by atoms with Crippen LogP contribution in [0.25, 0.3) is 0 Å². The molecule has 0 amide bonds. The van der Waals surface area contributed by atoms with Crippen molar-refractivity contribution in [2.75, 3.05) is 32.8 Å². The third-order valence-corrected chi connectivity index (χ3v) is 5.40. The first kappa shape index (κ1) is 19.2. The Bertz CT molecular complexity index is 533. The Kier molecular flexibility index (Phi) is 7.38. The van der Waals surface area contributed by atoms with Crippen LogP contribution in [0.1, 0.15) is 57.3 Å². The van der Waals surface area contributed by atoms with Crippen LogP contribution in [0.4, 0.5) is 0 Å². The van der Waals surface area contributed by atoms with E-state index in [9.17, 15) is 5.11 Å². The first-order valence-electron chi connectivity index (χ1n) is 10.1. The van der Waals surface area contributed by atoms with Gasteiger partial charge in [-0.25, -0.2) is 4.99 Å². The minimum Gasteiger partial charge on any atom is -0.467 e. The number of aliphatic hydroxyl groups excluding tert-OH is 1. The summed E-state index contributed by atoms with van der Waals surface area (Å²) in [5.41, 5.74) is 0. The van der Waals surface area contributed by atoms with E-state index in [0.29, 0.717) is 18.4 Å². The first-order valence-corrected chi connectivity index (χ1v) is 10.1. The maximum absolute atomic E-state index is 10.2. The van der Waals surface area contributed by atoms with Gasteiger partial charge in [0.25, 0.3) is 0 Å². The van der Waals surface area contributed by atoms with Gasteiger partial charge in [-0.2, -0.15) is 0 Å². The summed E-state index contributed by atoms with van der Waals surface area (Å²) in [6, 6.07) is 3.56. The zero-order chi connectivity index (χ0) is 18.2. The van der Waals surface area contributed by atoms with Crippen LogP contribution in [0.2, 0.25) is 0 Å². The van der Waals surface area contributed by atoms with Crippen LogP contribution in [-0.2, 0) is 4.74 Å². The molecule has 0 spiro atoms. The lowest BCUT2D eigenvalue weighted by atomic mass is 10.1. The number of ether oxygens (including phenoxy) is 1. The molecule has 146 valence electrons. The monoisotopic (exact) mass is 363 g/mol. The maximum Gasteiger partial charge on any atom is 0.194 e. The molecule has 6 heteroatoms. The maximum atomic E-state index is 10.2. The molecule has 1 aromatic rings. The van der Waals surface area contributed by atoms with E-state index in [1.807, 2.05) is 0 Å².